The van der Waals surface area contributed by atoms with Crippen LogP contribution in [0.25, 0.3) is 0 Å². The average molecular weight is 359 g/mol. The van der Waals surface area contributed by atoms with Crippen molar-refractivity contribution < 1.29 is 19.0 Å². The molecule has 1 aliphatic heterocycles. The smallest absolute Gasteiger partial charge is 0.233 e. The van der Waals surface area contributed by atoms with Gasteiger partial charge in [0.1, 0.15) is 19.0 Å². The zero-order chi connectivity index (χ0) is 17.6. The zero-order valence-corrected chi connectivity index (χ0v) is 15.1. The molecule has 1 atom stereocenters. The highest BCUT2D eigenvalue weighted by Crippen LogP contribution is 2.35. The standard InChI is InChI=1S/C19H21NO4S/c1-13(19(21)20-12-14-3-5-15(22-2)6-4-14)25-16-7-8-17-18(11-16)24-10-9-23-17/h3-8,11,13H,9-10,12H2,1-2H3,(H,20,21)/t13-/m0/s1. The second-order valence-electron chi connectivity index (χ2n) is 5.63. The van der Waals surface area contributed by atoms with Crippen LogP contribution in [0.5, 0.6) is 17.2 Å². The number of hydrogen-bond acceptors (Lipinski definition) is 5. The van der Waals surface area contributed by atoms with Crippen molar-refractivity contribution in [2.75, 3.05) is 20.3 Å². The Morgan fingerprint density at radius 2 is 1.88 bits per heavy atom. The van der Waals surface area contributed by atoms with Crippen molar-refractivity contribution in [2.45, 2.75) is 23.6 Å². The quantitative estimate of drug-likeness (QED) is 0.803. The maximum atomic E-state index is 12.3. The molecule has 0 aliphatic carbocycles. The Kier molecular flexibility index (Phi) is 5.71. The van der Waals surface area contributed by atoms with Crippen molar-refractivity contribution in [3.05, 3.63) is 48.0 Å². The van der Waals surface area contributed by atoms with Crippen LogP contribution in [0.4, 0.5) is 0 Å². The van der Waals surface area contributed by atoms with Crippen LogP contribution in [-0.2, 0) is 11.3 Å². The molecule has 0 saturated carbocycles. The molecule has 3 rings (SSSR count). The third kappa shape index (κ3) is 4.60. The van der Waals surface area contributed by atoms with Gasteiger partial charge < -0.3 is 19.5 Å². The molecule has 6 heteroatoms. The fourth-order valence-corrected chi connectivity index (χ4v) is 3.35. The van der Waals surface area contributed by atoms with Crippen LogP contribution in [0.1, 0.15) is 12.5 Å². The molecule has 2 aromatic carbocycles. The van der Waals surface area contributed by atoms with Gasteiger partial charge in [-0.3, -0.25) is 4.79 Å². The van der Waals surface area contributed by atoms with Crippen molar-refractivity contribution in [3.8, 4) is 17.2 Å². The maximum Gasteiger partial charge on any atom is 0.233 e. The van der Waals surface area contributed by atoms with Gasteiger partial charge in [0.25, 0.3) is 0 Å². The van der Waals surface area contributed by atoms with Gasteiger partial charge in [0.2, 0.25) is 5.91 Å². The molecule has 132 valence electrons. The molecule has 1 N–H and O–H groups in total. The van der Waals surface area contributed by atoms with Crippen LogP contribution in [0.2, 0.25) is 0 Å². The summed E-state index contributed by atoms with van der Waals surface area (Å²) in [5.74, 6) is 2.29. The number of amides is 1. The Bertz CT molecular complexity index is 733. The Morgan fingerprint density at radius 3 is 2.60 bits per heavy atom. The molecule has 0 radical (unpaired) electrons. The van der Waals surface area contributed by atoms with Crippen LogP contribution < -0.4 is 19.5 Å². The number of methoxy groups -OCH3 is 1. The van der Waals surface area contributed by atoms with Crippen molar-refractivity contribution in [2.24, 2.45) is 0 Å². The molecule has 0 fully saturated rings. The van der Waals surface area contributed by atoms with E-state index in [9.17, 15) is 4.79 Å². The van der Waals surface area contributed by atoms with Gasteiger partial charge in [0.05, 0.1) is 12.4 Å². The number of carbonyl (C=O) groups is 1. The number of rotatable bonds is 6. The van der Waals surface area contributed by atoms with Crippen molar-refractivity contribution in [3.63, 3.8) is 0 Å². The van der Waals surface area contributed by atoms with Gasteiger partial charge in [-0.1, -0.05) is 12.1 Å². The van der Waals surface area contributed by atoms with E-state index >= 15 is 0 Å². The molecule has 1 amide bonds. The van der Waals surface area contributed by atoms with E-state index < -0.39 is 0 Å². The molecule has 2 aromatic rings. The number of thioether (sulfide) groups is 1. The summed E-state index contributed by atoms with van der Waals surface area (Å²) >= 11 is 1.50. The predicted octanol–water partition coefficient (Wildman–Crippen LogP) is 3.26. The van der Waals surface area contributed by atoms with Gasteiger partial charge in [-0.15, -0.1) is 11.8 Å². The molecular weight excluding hydrogens is 338 g/mol. The maximum absolute atomic E-state index is 12.3. The summed E-state index contributed by atoms with van der Waals surface area (Å²) in [5.41, 5.74) is 1.03. The lowest BCUT2D eigenvalue weighted by atomic mass is 10.2. The minimum Gasteiger partial charge on any atom is -0.497 e. The number of ether oxygens (including phenoxy) is 3. The first-order chi connectivity index (χ1) is 12.2. The largest absolute Gasteiger partial charge is 0.497 e. The summed E-state index contributed by atoms with van der Waals surface area (Å²) in [6.45, 7) is 3.52. The molecule has 5 nitrogen and oxygen atoms in total. The first-order valence-electron chi connectivity index (χ1n) is 8.12. The number of benzene rings is 2. The summed E-state index contributed by atoms with van der Waals surface area (Å²) in [6, 6.07) is 13.4. The van der Waals surface area contributed by atoms with E-state index in [-0.39, 0.29) is 11.2 Å². The predicted molar refractivity (Wildman–Crippen MR) is 97.6 cm³/mol. The molecule has 0 bridgehead atoms. The van der Waals surface area contributed by atoms with E-state index in [0.29, 0.717) is 19.8 Å². The molecule has 0 saturated heterocycles. The highest BCUT2D eigenvalue weighted by Gasteiger charge is 2.17. The summed E-state index contributed by atoms with van der Waals surface area (Å²) in [6.07, 6.45) is 0. The highest BCUT2D eigenvalue weighted by atomic mass is 32.2. The van der Waals surface area contributed by atoms with E-state index in [2.05, 4.69) is 5.32 Å². The highest BCUT2D eigenvalue weighted by molar-refractivity contribution is 8.00. The van der Waals surface area contributed by atoms with E-state index in [0.717, 1.165) is 27.7 Å². The van der Waals surface area contributed by atoms with Gasteiger partial charge in [-0.05, 0) is 42.8 Å². The van der Waals surface area contributed by atoms with Crippen LogP contribution in [-0.4, -0.2) is 31.5 Å². The first-order valence-corrected chi connectivity index (χ1v) is 9.00. The first kappa shape index (κ1) is 17.5. The number of hydrogen-bond donors (Lipinski definition) is 1. The third-order valence-corrected chi connectivity index (χ3v) is 4.92. The number of carbonyl (C=O) groups excluding carboxylic acids is 1. The van der Waals surface area contributed by atoms with Crippen LogP contribution >= 0.6 is 11.8 Å². The monoisotopic (exact) mass is 359 g/mol. The van der Waals surface area contributed by atoms with E-state index in [1.165, 1.54) is 11.8 Å². The van der Waals surface area contributed by atoms with Crippen molar-refractivity contribution in [1.29, 1.82) is 0 Å². The van der Waals surface area contributed by atoms with Gasteiger partial charge in [0.15, 0.2) is 11.5 Å². The summed E-state index contributed by atoms with van der Waals surface area (Å²) in [4.78, 5) is 13.3. The normalized spacial score (nSPS) is 13.8. The Hall–Kier alpha value is -2.34. The van der Waals surface area contributed by atoms with Crippen molar-refractivity contribution >= 4 is 17.7 Å². The lowest BCUT2D eigenvalue weighted by Gasteiger charge is -2.19. The molecule has 0 aromatic heterocycles. The SMILES string of the molecule is COc1ccc(CNC(=O)[C@H](C)Sc2ccc3c(c2)OCCO3)cc1. The fraction of sp³-hybridized carbons (Fsp3) is 0.316. The average Bonchev–Trinajstić information content (AvgIpc) is 2.66. The Labute approximate surface area is 151 Å². The van der Waals surface area contributed by atoms with Crippen LogP contribution in [0.15, 0.2) is 47.4 Å². The summed E-state index contributed by atoms with van der Waals surface area (Å²) in [7, 11) is 1.63. The van der Waals surface area contributed by atoms with E-state index in [1.807, 2.05) is 49.4 Å². The molecule has 1 aliphatic rings. The molecule has 0 unspecified atom stereocenters. The van der Waals surface area contributed by atoms with E-state index in [4.69, 9.17) is 14.2 Å². The second kappa shape index (κ2) is 8.16. The number of nitrogens with one attached hydrogen (secondary N) is 1. The summed E-state index contributed by atoms with van der Waals surface area (Å²) in [5, 5.41) is 2.75. The van der Waals surface area contributed by atoms with Crippen LogP contribution in [0, 0.1) is 0 Å². The molecular formula is C19H21NO4S. The lowest BCUT2D eigenvalue weighted by Crippen LogP contribution is -2.30. The van der Waals surface area contributed by atoms with Gasteiger partial charge in [-0.2, -0.15) is 0 Å². The molecule has 0 spiro atoms. The summed E-state index contributed by atoms with van der Waals surface area (Å²) < 4.78 is 16.2. The van der Waals surface area contributed by atoms with Crippen molar-refractivity contribution in [1.82, 2.24) is 5.32 Å². The fourth-order valence-electron chi connectivity index (χ4n) is 2.43. The topological polar surface area (TPSA) is 56.8 Å². The minimum atomic E-state index is -0.208. The Morgan fingerprint density at radius 1 is 1.16 bits per heavy atom. The van der Waals surface area contributed by atoms with Gasteiger partial charge >= 0.3 is 0 Å². The third-order valence-electron chi connectivity index (χ3n) is 3.82. The zero-order valence-electron chi connectivity index (χ0n) is 14.3. The van der Waals surface area contributed by atoms with E-state index in [1.54, 1.807) is 7.11 Å². The lowest BCUT2D eigenvalue weighted by molar-refractivity contribution is -0.120. The molecule has 1 heterocycles. The molecule has 25 heavy (non-hydrogen) atoms. The minimum absolute atomic E-state index is 0.00397. The van der Waals surface area contributed by atoms with Gasteiger partial charge in [-0.25, -0.2) is 0 Å². The van der Waals surface area contributed by atoms with Crippen LogP contribution in [0.3, 0.4) is 0 Å². The Balaban J connectivity index is 1.53. The van der Waals surface area contributed by atoms with Gasteiger partial charge in [0, 0.05) is 11.4 Å². The second-order valence-corrected chi connectivity index (χ2v) is 7.05. The number of fused-ring (bicyclic) bond motifs is 1.